The van der Waals surface area contributed by atoms with E-state index in [1.54, 1.807) is 6.07 Å². The Kier molecular flexibility index (Phi) is 4.25. The molecule has 2 rings (SSSR count). The van der Waals surface area contributed by atoms with Crippen molar-refractivity contribution in [2.45, 2.75) is 13.0 Å². The molecule has 0 bridgehead atoms. The second-order valence-corrected chi connectivity index (χ2v) is 5.34. The fourth-order valence-corrected chi connectivity index (χ4v) is 2.26. The first-order valence-electron chi connectivity index (χ1n) is 5.53. The normalized spacial score (nSPS) is 12.2. The molecule has 18 heavy (non-hydrogen) atoms. The van der Waals surface area contributed by atoms with Crippen LogP contribution in [-0.4, -0.2) is 0 Å². The first-order valence-corrected chi connectivity index (χ1v) is 6.70. The fraction of sp³-hybridized carbons (Fsp3) is 0.143. The van der Waals surface area contributed by atoms with E-state index < -0.39 is 0 Å². The molecule has 1 nitrogen and oxygen atoms in total. The van der Waals surface area contributed by atoms with Gasteiger partial charge in [-0.15, -0.1) is 0 Å². The van der Waals surface area contributed by atoms with Gasteiger partial charge in [-0.2, -0.15) is 0 Å². The first-order chi connectivity index (χ1) is 8.56. The summed E-state index contributed by atoms with van der Waals surface area (Å²) in [5.74, 6) is -0.265. The van der Waals surface area contributed by atoms with Crippen LogP contribution < -0.4 is 5.32 Å². The number of nitrogens with one attached hydrogen (secondary N) is 1. The van der Waals surface area contributed by atoms with Gasteiger partial charge in [-0.25, -0.2) is 4.39 Å². The summed E-state index contributed by atoms with van der Waals surface area (Å²) >= 11 is 9.34. The van der Waals surface area contributed by atoms with E-state index in [1.807, 2.05) is 31.2 Å². The Hall–Kier alpha value is -1.06. The van der Waals surface area contributed by atoms with Gasteiger partial charge in [-0.3, -0.25) is 0 Å². The molecule has 0 saturated heterocycles. The van der Waals surface area contributed by atoms with Crippen molar-refractivity contribution in [2.75, 3.05) is 5.32 Å². The monoisotopic (exact) mass is 327 g/mol. The van der Waals surface area contributed by atoms with Gasteiger partial charge in [0.2, 0.25) is 0 Å². The highest BCUT2D eigenvalue weighted by atomic mass is 79.9. The summed E-state index contributed by atoms with van der Waals surface area (Å²) in [6.07, 6.45) is 0. The first kappa shape index (κ1) is 13.4. The molecule has 0 fully saturated rings. The van der Waals surface area contributed by atoms with Crippen LogP contribution in [0.4, 0.5) is 10.1 Å². The van der Waals surface area contributed by atoms with Crippen molar-refractivity contribution in [3.8, 4) is 0 Å². The molecule has 0 aliphatic rings. The second-order valence-electron chi connectivity index (χ2n) is 4.05. The van der Waals surface area contributed by atoms with Crippen LogP contribution in [0, 0.1) is 5.82 Å². The van der Waals surface area contributed by atoms with Crippen LogP contribution in [-0.2, 0) is 0 Å². The zero-order valence-electron chi connectivity index (χ0n) is 9.75. The third-order valence-corrected chi connectivity index (χ3v) is 3.58. The van der Waals surface area contributed by atoms with E-state index in [0.29, 0.717) is 5.02 Å². The standard InChI is InChI=1S/C14H12BrClFN/c1-9(10-3-2-4-11(16)7-10)18-14-8-12(17)5-6-13(14)15/h2-9,18H,1H3. The summed E-state index contributed by atoms with van der Waals surface area (Å²) in [4.78, 5) is 0. The Morgan fingerprint density at radius 1 is 1.22 bits per heavy atom. The number of hydrogen-bond donors (Lipinski definition) is 1. The maximum Gasteiger partial charge on any atom is 0.125 e. The fourth-order valence-electron chi connectivity index (χ4n) is 1.70. The van der Waals surface area contributed by atoms with Gasteiger partial charge in [0.15, 0.2) is 0 Å². The molecule has 4 heteroatoms. The van der Waals surface area contributed by atoms with Crippen molar-refractivity contribution < 1.29 is 4.39 Å². The zero-order valence-corrected chi connectivity index (χ0v) is 12.1. The topological polar surface area (TPSA) is 12.0 Å². The van der Waals surface area contributed by atoms with Crippen LogP contribution in [0.15, 0.2) is 46.9 Å². The molecule has 1 N–H and O–H groups in total. The zero-order chi connectivity index (χ0) is 13.1. The molecule has 1 atom stereocenters. The maximum atomic E-state index is 13.2. The van der Waals surface area contributed by atoms with E-state index in [9.17, 15) is 4.39 Å². The third kappa shape index (κ3) is 3.24. The van der Waals surface area contributed by atoms with Crippen LogP contribution in [0.1, 0.15) is 18.5 Å². The summed E-state index contributed by atoms with van der Waals surface area (Å²) < 4.78 is 14.0. The van der Waals surface area contributed by atoms with Crippen LogP contribution >= 0.6 is 27.5 Å². The molecule has 94 valence electrons. The Labute approximate surface area is 119 Å². The van der Waals surface area contributed by atoms with Crippen LogP contribution in [0.3, 0.4) is 0 Å². The van der Waals surface area contributed by atoms with Gasteiger partial charge < -0.3 is 5.32 Å². The smallest absolute Gasteiger partial charge is 0.125 e. The van der Waals surface area contributed by atoms with Crippen LogP contribution in [0.5, 0.6) is 0 Å². The lowest BCUT2D eigenvalue weighted by molar-refractivity contribution is 0.627. The lowest BCUT2D eigenvalue weighted by Crippen LogP contribution is -2.07. The Balaban J connectivity index is 2.21. The minimum absolute atomic E-state index is 0.0433. The highest BCUT2D eigenvalue weighted by Gasteiger charge is 2.08. The molecule has 0 saturated carbocycles. The predicted octanol–water partition coefficient (Wildman–Crippen LogP) is 5.41. The van der Waals surface area contributed by atoms with Gasteiger partial charge in [-0.05, 0) is 58.7 Å². The molecule has 0 amide bonds. The van der Waals surface area contributed by atoms with E-state index in [4.69, 9.17) is 11.6 Å². The quantitative estimate of drug-likeness (QED) is 0.794. The highest BCUT2D eigenvalue weighted by molar-refractivity contribution is 9.10. The number of anilines is 1. The molecular formula is C14H12BrClFN. The van der Waals surface area contributed by atoms with Crippen molar-refractivity contribution in [3.63, 3.8) is 0 Å². The average Bonchev–Trinajstić information content (AvgIpc) is 2.34. The van der Waals surface area contributed by atoms with Crippen molar-refractivity contribution in [1.82, 2.24) is 0 Å². The minimum atomic E-state index is -0.265. The summed E-state index contributed by atoms with van der Waals surface area (Å²) in [6.45, 7) is 2.00. The second kappa shape index (κ2) is 5.72. The van der Waals surface area contributed by atoms with Gasteiger partial charge in [0.1, 0.15) is 5.82 Å². The van der Waals surface area contributed by atoms with E-state index in [2.05, 4.69) is 21.2 Å². The van der Waals surface area contributed by atoms with Crippen LogP contribution in [0.25, 0.3) is 0 Å². The number of hydrogen-bond acceptors (Lipinski definition) is 1. The maximum absolute atomic E-state index is 13.2. The van der Waals surface area contributed by atoms with Crippen molar-refractivity contribution in [3.05, 3.63) is 63.3 Å². The van der Waals surface area contributed by atoms with E-state index in [0.717, 1.165) is 15.7 Å². The molecule has 0 radical (unpaired) electrons. The predicted molar refractivity (Wildman–Crippen MR) is 77.6 cm³/mol. The Morgan fingerprint density at radius 3 is 2.72 bits per heavy atom. The van der Waals surface area contributed by atoms with E-state index >= 15 is 0 Å². The minimum Gasteiger partial charge on any atom is -0.378 e. The summed E-state index contributed by atoms with van der Waals surface area (Å²) in [5.41, 5.74) is 1.78. The Morgan fingerprint density at radius 2 is 2.00 bits per heavy atom. The van der Waals surface area contributed by atoms with Crippen LogP contribution in [0.2, 0.25) is 5.02 Å². The molecule has 0 aliphatic carbocycles. The number of rotatable bonds is 3. The molecule has 0 aromatic heterocycles. The largest absolute Gasteiger partial charge is 0.378 e. The number of halogens is 3. The molecule has 1 unspecified atom stereocenters. The molecule has 0 spiro atoms. The van der Waals surface area contributed by atoms with Crippen molar-refractivity contribution in [2.24, 2.45) is 0 Å². The van der Waals surface area contributed by atoms with Crippen molar-refractivity contribution >= 4 is 33.2 Å². The highest BCUT2D eigenvalue weighted by Crippen LogP contribution is 2.28. The average molecular weight is 329 g/mol. The molecular weight excluding hydrogens is 317 g/mol. The molecule has 2 aromatic carbocycles. The summed E-state index contributed by atoms with van der Waals surface area (Å²) in [7, 11) is 0. The van der Waals surface area contributed by atoms with Gasteiger partial charge in [0.05, 0.1) is 5.69 Å². The van der Waals surface area contributed by atoms with Gasteiger partial charge >= 0.3 is 0 Å². The summed E-state index contributed by atoms with van der Waals surface area (Å²) in [6, 6.07) is 12.2. The SMILES string of the molecule is CC(Nc1cc(F)ccc1Br)c1cccc(Cl)c1. The van der Waals surface area contributed by atoms with E-state index in [-0.39, 0.29) is 11.9 Å². The van der Waals surface area contributed by atoms with Gasteiger partial charge in [0.25, 0.3) is 0 Å². The molecule has 2 aromatic rings. The molecule has 0 heterocycles. The van der Waals surface area contributed by atoms with Crippen molar-refractivity contribution in [1.29, 1.82) is 0 Å². The summed E-state index contributed by atoms with van der Waals surface area (Å²) in [5, 5.41) is 3.94. The number of benzene rings is 2. The van der Waals surface area contributed by atoms with Gasteiger partial charge in [-0.1, -0.05) is 23.7 Å². The lowest BCUT2D eigenvalue weighted by Gasteiger charge is -2.17. The van der Waals surface area contributed by atoms with E-state index in [1.165, 1.54) is 12.1 Å². The van der Waals surface area contributed by atoms with Gasteiger partial charge in [0, 0.05) is 15.5 Å². The third-order valence-electron chi connectivity index (χ3n) is 2.65. The Bertz CT molecular complexity index is 559. The lowest BCUT2D eigenvalue weighted by atomic mass is 10.1. The molecule has 0 aliphatic heterocycles.